The number of aryl methyl sites for hydroxylation is 1. The Labute approximate surface area is 135 Å². The molecule has 0 aliphatic carbocycles. The van der Waals surface area contributed by atoms with E-state index in [9.17, 15) is 9.18 Å². The van der Waals surface area contributed by atoms with Crippen LogP contribution in [-0.2, 0) is 6.54 Å². The number of aromatic nitrogens is 4. The third-order valence-corrected chi connectivity index (χ3v) is 3.77. The Balaban J connectivity index is 1.80. The number of fused-ring (bicyclic) bond motifs is 1. The zero-order valence-electron chi connectivity index (χ0n) is 12.8. The van der Waals surface area contributed by atoms with Crippen molar-refractivity contribution in [2.75, 3.05) is 0 Å². The minimum absolute atomic E-state index is 0.325. The quantitative estimate of drug-likeness (QED) is 0.628. The molecule has 0 bridgehead atoms. The molecule has 3 heterocycles. The molecule has 1 N–H and O–H groups in total. The fourth-order valence-corrected chi connectivity index (χ4v) is 2.68. The highest BCUT2D eigenvalue weighted by molar-refractivity contribution is 5.82. The Morgan fingerprint density at radius 2 is 2.17 bits per heavy atom. The maximum Gasteiger partial charge on any atom is 0.259 e. The minimum Gasteiger partial charge on any atom is -0.359 e. The number of rotatable bonds is 3. The highest BCUT2D eigenvalue weighted by atomic mass is 19.1. The molecular formula is C17H13FN4O2. The summed E-state index contributed by atoms with van der Waals surface area (Å²) < 4.78 is 20.3. The van der Waals surface area contributed by atoms with Gasteiger partial charge in [-0.05, 0) is 36.6 Å². The molecule has 1 aromatic carbocycles. The number of H-pyrrole nitrogens is 1. The van der Waals surface area contributed by atoms with Crippen molar-refractivity contribution in [1.82, 2.24) is 19.7 Å². The molecule has 0 aliphatic heterocycles. The van der Waals surface area contributed by atoms with Gasteiger partial charge in [0.05, 0.1) is 23.3 Å². The third-order valence-electron chi connectivity index (χ3n) is 3.77. The number of benzene rings is 1. The number of nitrogens with zero attached hydrogens (tertiary/aromatic N) is 3. The van der Waals surface area contributed by atoms with Crippen LogP contribution in [0.4, 0.5) is 4.39 Å². The molecule has 24 heavy (non-hydrogen) atoms. The second-order valence-corrected chi connectivity index (χ2v) is 5.56. The lowest BCUT2D eigenvalue weighted by Gasteiger charge is -2.06. The van der Waals surface area contributed by atoms with E-state index in [4.69, 9.17) is 4.52 Å². The van der Waals surface area contributed by atoms with Gasteiger partial charge < -0.3 is 14.1 Å². The van der Waals surface area contributed by atoms with Crippen LogP contribution in [0.1, 0.15) is 11.5 Å². The maximum atomic E-state index is 13.3. The van der Waals surface area contributed by atoms with Gasteiger partial charge in [0.25, 0.3) is 5.56 Å². The number of halogens is 1. The average Bonchev–Trinajstić information content (AvgIpc) is 3.16. The number of aromatic amines is 1. The molecule has 0 saturated carbocycles. The van der Waals surface area contributed by atoms with Crippen LogP contribution in [0.5, 0.6) is 0 Å². The first-order chi connectivity index (χ1) is 11.6. The zero-order valence-corrected chi connectivity index (χ0v) is 12.8. The first-order valence-corrected chi connectivity index (χ1v) is 7.36. The predicted molar refractivity (Wildman–Crippen MR) is 86.1 cm³/mol. The van der Waals surface area contributed by atoms with E-state index in [1.165, 1.54) is 12.1 Å². The Morgan fingerprint density at radius 3 is 2.96 bits per heavy atom. The SMILES string of the molecule is Cc1cc(Cn2ccnc2-c2cc3ccc(F)cc3[nH]c2=O)on1. The molecule has 0 fully saturated rings. The normalized spacial score (nSPS) is 11.2. The summed E-state index contributed by atoms with van der Waals surface area (Å²) in [5, 5.41) is 4.59. The second-order valence-electron chi connectivity index (χ2n) is 5.56. The standard InChI is InChI=1S/C17H13FN4O2/c1-10-6-13(24-21-10)9-22-5-4-19-16(22)14-7-11-2-3-12(18)8-15(11)20-17(14)23/h2-8H,9H2,1H3,(H,20,23). The van der Waals surface area contributed by atoms with Gasteiger partial charge in [0.2, 0.25) is 0 Å². The Kier molecular flexibility index (Phi) is 3.26. The van der Waals surface area contributed by atoms with E-state index in [1.807, 2.05) is 13.0 Å². The highest BCUT2D eigenvalue weighted by Crippen LogP contribution is 2.20. The summed E-state index contributed by atoms with van der Waals surface area (Å²) in [5.41, 5.74) is 1.33. The monoisotopic (exact) mass is 324 g/mol. The summed E-state index contributed by atoms with van der Waals surface area (Å²) in [5.74, 6) is 0.788. The number of imidazole rings is 1. The molecule has 7 heteroatoms. The van der Waals surface area contributed by atoms with Gasteiger partial charge in [-0.2, -0.15) is 0 Å². The number of hydrogen-bond donors (Lipinski definition) is 1. The van der Waals surface area contributed by atoms with E-state index in [0.29, 0.717) is 29.2 Å². The average molecular weight is 324 g/mol. The van der Waals surface area contributed by atoms with Crippen molar-refractivity contribution >= 4 is 10.9 Å². The number of pyridine rings is 1. The van der Waals surface area contributed by atoms with Gasteiger partial charge in [-0.1, -0.05) is 5.16 Å². The van der Waals surface area contributed by atoms with Crippen LogP contribution in [0.2, 0.25) is 0 Å². The summed E-state index contributed by atoms with van der Waals surface area (Å²) >= 11 is 0. The molecule has 0 aliphatic rings. The van der Waals surface area contributed by atoms with E-state index in [0.717, 1.165) is 11.1 Å². The lowest BCUT2D eigenvalue weighted by molar-refractivity contribution is 0.373. The molecule has 0 amide bonds. The van der Waals surface area contributed by atoms with Gasteiger partial charge in [-0.25, -0.2) is 9.37 Å². The summed E-state index contributed by atoms with van der Waals surface area (Å²) in [7, 11) is 0. The maximum absolute atomic E-state index is 13.3. The smallest absolute Gasteiger partial charge is 0.259 e. The topological polar surface area (TPSA) is 76.7 Å². The van der Waals surface area contributed by atoms with Crippen molar-refractivity contribution < 1.29 is 8.91 Å². The molecule has 0 spiro atoms. The third kappa shape index (κ3) is 2.50. The van der Waals surface area contributed by atoms with E-state index < -0.39 is 5.82 Å². The Hall–Kier alpha value is -3.22. The van der Waals surface area contributed by atoms with Gasteiger partial charge in [-0.15, -0.1) is 0 Å². The summed E-state index contributed by atoms with van der Waals surface area (Å²) in [6, 6.07) is 7.81. The van der Waals surface area contributed by atoms with Crippen molar-refractivity contribution in [2.45, 2.75) is 13.5 Å². The van der Waals surface area contributed by atoms with Gasteiger partial charge >= 0.3 is 0 Å². The molecule has 0 unspecified atom stereocenters. The zero-order chi connectivity index (χ0) is 16.7. The van der Waals surface area contributed by atoms with Crippen molar-refractivity contribution in [3.63, 3.8) is 0 Å². The van der Waals surface area contributed by atoms with E-state index in [-0.39, 0.29) is 5.56 Å². The molecule has 4 aromatic rings. The largest absolute Gasteiger partial charge is 0.359 e. The van der Waals surface area contributed by atoms with E-state index in [1.54, 1.807) is 29.1 Å². The predicted octanol–water partition coefficient (Wildman–Crippen LogP) is 2.88. The molecule has 120 valence electrons. The van der Waals surface area contributed by atoms with Gasteiger partial charge in [0.1, 0.15) is 11.6 Å². The van der Waals surface area contributed by atoms with Crippen LogP contribution in [0.3, 0.4) is 0 Å². The van der Waals surface area contributed by atoms with Crippen LogP contribution in [0.25, 0.3) is 22.3 Å². The van der Waals surface area contributed by atoms with Crippen molar-refractivity contribution in [3.8, 4) is 11.4 Å². The number of nitrogens with one attached hydrogen (secondary N) is 1. The molecule has 0 atom stereocenters. The van der Waals surface area contributed by atoms with Crippen molar-refractivity contribution in [3.05, 3.63) is 70.4 Å². The highest BCUT2D eigenvalue weighted by Gasteiger charge is 2.13. The van der Waals surface area contributed by atoms with Crippen LogP contribution in [0, 0.1) is 12.7 Å². The van der Waals surface area contributed by atoms with Crippen LogP contribution >= 0.6 is 0 Å². The summed E-state index contributed by atoms with van der Waals surface area (Å²) in [6.45, 7) is 2.26. The van der Waals surface area contributed by atoms with Crippen molar-refractivity contribution in [2.24, 2.45) is 0 Å². The molecule has 4 rings (SSSR count). The van der Waals surface area contributed by atoms with Crippen LogP contribution < -0.4 is 5.56 Å². The number of hydrogen-bond acceptors (Lipinski definition) is 4. The lowest BCUT2D eigenvalue weighted by atomic mass is 10.1. The Morgan fingerprint density at radius 1 is 1.29 bits per heavy atom. The summed E-state index contributed by atoms with van der Waals surface area (Å²) in [6.07, 6.45) is 3.38. The fraction of sp³-hybridized carbons (Fsp3) is 0.118. The van der Waals surface area contributed by atoms with Crippen LogP contribution in [-0.4, -0.2) is 19.7 Å². The van der Waals surface area contributed by atoms with Gasteiger partial charge in [0.15, 0.2) is 5.76 Å². The first-order valence-electron chi connectivity index (χ1n) is 7.36. The molecule has 0 saturated heterocycles. The Bertz CT molecular complexity index is 1090. The fourth-order valence-electron chi connectivity index (χ4n) is 2.68. The van der Waals surface area contributed by atoms with E-state index >= 15 is 0 Å². The van der Waals surface area contributed by atoms with Gasteiger partial charge in [0, 0.05) is 18.5 Å². The minimum atomic E-state index is -0.395. The molecule has 6 nitrogen and oxygen atoms in total. The van der Waals surface area contributed by atoms with E-state index in [2.05, 4.69) is 15.1 Å². The molecular weight excluding hydrogens is 311 g/mol. The molecule has 0 radical (unpaired) electrons. The summed E-state index contributed by atoms with van der Waals surface area (Å²) in [4.78, 5) is 19.4. The van der Waals surface area contributed by atoms with Crippen molar-refractivity contribution in [1.29, 1.82) is 0 Å². The van der Waals surface area contributed by atoms with Crippen LogP contribution in [0.15, 0.2) is 52.0 Å². The first kappa shape index (κ1) is 14.4. The lowest BCUT2D eigenvalue weighted by Crippen LogP contribution is -2.12. The molecule has 3 aromatic heterocycles. The second kappa shape index (κ2) is 5.45. The van der Waals surface area contributed by atoms with Gasteiger partial charge in [-0.3, -0.25) is 4.79 Å².